The molecule has 0 bridgehead atoms. The maximum Gasteiger partial charge on any atom is 0.331 e. The highest BCUT2D eigenvalue weighted by atomic mass is 16.5. The monoisotopic (exact) mass is 397 g/mol. The Labute approximate surface area is 171 Å². The minimum absolute atomic E-state index is 0.0211. The van der Waals surface area contributed by atoms with Crippen LogP contribution in [0.1, 0.15) is 31.9 Å². The zero-order valence-electron chi connectivity index (χ0n) is 17.4. The first-order valence-electron chi connectivity index (χ1n) is 9.39. The molecule has 0 heterocycles. The second kappa shape index (κ2) is 10.3. The zero-order valence-corrected chi connectivity index (χ0v) is 17.4. The highest BCUT2D eigenvalue weighted by molar-refractivity contribution is 5.96. The van der Waals surface area contributed by atoms with Crippen LogP contribution in [0.4, 0.5) is 5.69 Å². The topological polar surface area (TPSA) is 73.9 Å². The van der Waals surface area contributed by atoms with Gasteiger partial charge in [-0.15, -0.1) is 0 Å². The molecule has 0 spiro atoms. The first-order valence-corrected chi connectivity index (χ1v) is 9.39. The molecular weight excluding hydrogens is 370 g/mol. The second-order valence-electron chi connectivity index (χ2n) is 6.84. The highest BCUT2D eigenvalue weighted by Crippen LogP contribution is 2.29. The number of esters is 1. The van der Waals surface area contributed by atoms with E-state index in [0.717, 1.165) is 11.1 Å². The number of aryl methyl sites for hydroxylation is 1. The minimum atomic E-state index is -0.926. The average molecular weight is 397 g/mol. The molecule has 6 nitrogen and oxygen atoms in total. The van der Waals surface area contributed by atoms with Gasteiger partial charge in [-0.25, -0.2) is 4.79 Å². The summed E-state index contributed by atoms with van der Waals surface area (Å²) in [5.74, 6) is 0.189. The Morgan fingerprint density at radius 3 is 2.31 bits per heavy atom. The van der Waals surface area contributed by atoms with Gasteiger partial charge in [0.1, 0.15) is 0 Å². The summed E-state index contributed by atoms with van der Waals surface area (Å²) in [6, 6.07) is 12.7. The van der Waals surface area contributed by atoms with E-state index in [2.05, 4.69) is 5.32 Å². The van der Waals surface area contributed by atoms with Crippen LogP contribution in [0.5, 0.6) is 11.5 Å². The van der Waals surface area contributed by atoms with Gasteiger partial charge in [0.25, 0.3) is 5.91 Å². The number of hydrogen-bond acceptors (Lipinski definition) is 5. The van der Waals surface area contributed by atoms with Crippen LogP contribution in [0, 0.1) is 6.92 Å². The summed E-state index contributed by atoms with van der Waals surface area (Å²) >= 11 is 0. The standard InChI is InChI=1S/C23H27NO5/c1-15(2)28-20-12-8-18(14-21(20)27-5)9-13-22(25)29-17(4)23(26)24-19-10-6-16(3)7-11-19/h6-15,17H,1-5H3,(H,24,26)/b13-9+/t17-/m1/s1. The molecule has 0 aliphatic heterocycles. The average Bonchev–Trinajstić information content (AvgIpc) is 2.68. The fraction of sp³-hybridized carbons (Fsp3) is 0.304. The molecule has 0 unspecified atom stereocenters. The summed E-state index contributed by atoms with van der Waals surface area (Å²) in [6.07, 6.45) is 1.96. The Morgan fingerprint density at radius 1 is 1.00 bits per heavy atom. The van der Waals surface area contributed by atoms with Gasteiger partial charge in [0.2, 0.25) is 0 Å². The molecule has 1 N–H and O–H groups in total. The van der Waals surface area contributed by atoms with Gasteiger partial charge in [0.15, 0.2) is 17.6 Å². The van der Waals surface area contributed by atoms with Crippen molar-refractivity contribution in [1.82, 2.24) is 0 Å². The van der Waals surface area contributed by atoms with Crippen LogP contribution < -0.4 is 14.8 Å². The molecule has 6 heteroatoms. The molecule has 0 aliphatic rings. The third kappa shape index (κ3) is 6.99. The van der Waals surface area contributed by atoms with Crippen LogP contribution in [-0.4, -0.2) is 31.2 Å². The van der Waals surface area contributed by atoms with Crippen LogP contribution >= 0.6 is 0 Å². The number of anilines is 1. The first kappa shape index (κ1) is 22.0. The number of nitrogens with one attached hydrogen (secondary N) is 1. The molecule has 0 saturated carbocycles. The lowest BCUT2D eigenvalue weighted by Crippen LogP contribution is -2.29. The van der Waals surface area contributed by atoms with E-state index in [0.29, 0.717) is 17.2 Å². The molecular formula is C23H27NO5. The smallest absolute Gasteiger partial charge is 0.331 e. The van der Waals surface area contributed by atoms with Gasteiger partial charge in [0, 0.05) is 11.8 Å². The van der Waals surface area contributed by atoms with Gasteiger partial charge < -0.3 is 19.5 Å². The number of amides is 1. The lowest BCUT2D eigenvalue weighted by atomic mass is 10.2. The number of benzene rings is 2. The van der Waals surface area contributed by atoms with Crippen molar-refractivity contribution in [2.24, 2.45) is 0 Å². The second-order valence-corrected chi connectivity index (χ2v) is 6.84. The number of carbonyl (C=O) groups is 2. The van der Waals surface area contributed by atoms with Gasteiger partial charge in [-0.1, -0.05) is 23.8 Å². The summed E-state index contributed by atoms with van der Waals surface area (Å²) in [5, 5.41) is 2.71. The van der Waals surface area contributed by atoms with Crippen molar-refractivity contribution in [3.63, 3.8) is 0 Å². The van der Waals surface area contributed by atoms with Crippen molar-refractivity contribution < 1.29 is 23.8 Å². The molecule has 2 rings (SSSR count). The van der Waals surface area contributed by atoms with E-state index < -0.39 is 18.0 Å². The van der Waals surface area contributed by atoms with Gasteiger partial charge >= 0.3 is 5.97 Å². The summed E-state index contributed by atoms with van der Waals surface area (Å²) in [6.45, 7) is 7.35. The van der Waals surface area contributed by atoms with Crippen molar-refractivity contribution in [2.45, 2.75) is 39.9 Å². The first-order chi connectivity index (χ1) is 13.8. The van der Waals surface area contributed by atoms with Crippen molar-refractivity contribution in [3.05, 3.63) is 59.7 Å². The Balaban J connectivity index is 1.94. The summed E-state index contributed by atoms with van der Waals surface area (Å²) < 4.78 is 16.2. The number of rotatable bonds is 8. The van der Waals surface area contributed by atoms with Crippen molar-refractivity contribution in [1.29, 1.82) is 0 Å². The summed E-state index contributed by atoms with van der Waals surface area (Å²) in [7, 11) is 1.55. The minimum Gasteiger partial charge on any atom is -0.493 e. The summed E-state index contributed by atoms with van der Waals surface area (Å²) in [5.41, 5.74) is 2.48. The van der Waals surface area contributed by atoms with E-state index in [1.807, 2.05) is 32.9 Å². The van der Waals surface area contributed by atoms with Crippen LogP contribution in [0.3, 0.4) is 0 Å². The molecule has 0 saturated heterocycles. The SMILES string of the molecule is COc1cc(/C=C/C(=O)O[C@H](C)C(=O)Nc2ccc(C)cc2)ccc1OC(C)C. The van der Waals surface area contributed by atoms with Crippen molar-refractivity contribution in [3.8, 4) is 11.5 Å². The third-order valence-corrected chi connectivity index (χ3v) is 3.94. The Bertz CT molecular complexity index is 871. The molecule has 1 atom stereocenters. The zero-order chi connectivity index (χ0) is 21.4. The van der Waals surface area contributed by atoms with Gasteiger partial charge in [0.05, 0.1) is 13.2 Å². The van der Waals surface area contributed by atoms with E-state index in [1.54, 1.807) is 43.5 Å². The molecule has 154 valence electrons. The Hall–Kier alpha value is -3.28. The molecule has 0 radical (unpaired) electrons. The van der Waals surface area contributed by atoms with Crippen LogP contribution in [-0.2, 0) is 14.3 Å². The summed E-state index contributed by atoms with van der Waals surface area (Å²) in [4.78, 5) is 24.2. The lowest BCUT2D eigenvalue weighted by Gasteiger charge is -2.14. The van der Waals surface area contributed by atoms with E-state index in [-0.39, 0.29) is 6.10 Å². The molecule has 0 aromatic heterocycles. The number of hydrogen-bond donors (Lipinski definition) is 1. The van der Waals surface area contributed by atoms with Crippen molar-refractivity contribution >= 4 is 23.6 Å². The highest BCUT2D eigenvalue weighted by Gasteiger charge is 2.16. The van der Waals surface area contributed by atoms with Crippen LogP contribution in [0.25, 0.3) is 6.08 Å². The van der Waals surface area contributed by atoms with E-state index in [1.165, 1.54) is 13.0 Å². The molecule has 2 aromatic carbocycles. The molecule has 0 fully saturated rings. The van der Waals surface area contributed by atoms with Crippen LogP contribution in [0.15, 0.2) is 48.5 Å². The van der Waals surface area contributed by atoms with Crippen molar-refractivity contribution in [2.75, 3.05) is 12.4 Å². The Morgan fingerprint density at radius 2 is 1.69 bits per heavy atom. The largest absolute Gasteiger partial charge is 0.493 e. The molecule has 2 aromatic rings. The molecule has 1 amide bonds. The fourth-order valence-corrected chi connectivity index (χ4v) is 2.45. The predicted molar refractivity (Wildman–Crippen MR) is 113 cm³/mol. The third-order valence-electron chi connectivity index (χ3n) is 3.94. The normalized spacial score (nSPS) is 11.9. The van der Waals surface area contributed by atoms with E-state index in [9.17, 15) is 9.59 Å². The van der Waals surface area contributed by atoms with E-state index in [4.69, 9.17) is 14.2 Å². The Kier molecular flexibility index (Phi) is 7.83. The molecule has 29 heavy (non-hydrogen) atoms. The number of carbonyl (C=O) groups excluding carboxylic acids is 2. The number of ether oxygens (including phenoxy) is 3. The van der Waals surface area contributed by atoms with E-state index >= 15 is 0 Å². The van der Waals surface area contributed by atoms with Gasteiger partial charge in [-0.2, -0.15) is 0 Å². The van der Waals surface area contributed by atoms with Gasteiger partial charge in [-0.3, -0.25) is 4.79 Å². The fourth-order valence-electron chi connectivity index (χ4n) is 2.45. The quantitative estimate of drug-likeness (QED) is 0.529. The lowest BCUT2D eigenvalue weighted by molar-refractivity contribution is -0.148. The number of methoxy groups -OCH3 is 1. The molecule has 0 aliphatic carbocycles. The maximum atomic E-state index is 12.2. The van der Waals surface area contributed by atoms with Gasteiger partial charge in [-0.05, 0) is 63.6 Å². The maximum absolute atomic E-state index is 12.2. The van der Waals surface area contributed by atoms with Crippen LogP contribution in [0.2, 0.25) is 0 Å². The predicted octanol–water partition coefficient (Wildman–Crippen LogP) is 4.37.